The standard InChI is InChI=1S/C9H10ClN3S/c1-5-4-6-7(14-5)8(13(2)3)12-9(10)11-6/h4H,1-3H3. The van der Waals surface area contributed by atoms with Crippen LogP contribution in [-0.4, -0.2) is 24.1 Å². The summed E-state index contributed by atoms with van der Waals surface area (Å²) in [5.41, 5.74) is 0.927. The Bertz CT molecular complexity index is 478. The number of aryl methyl sites for hydroxylation is 1. The zero-order valence-electron chi connectivity index (χ0n) is 8.21. The van der Waals surface area contributed by atoms with Gasteiger partial charge in [0, 0.05) is 19.0 Å². The fraction of sp³-hybridized carbons (Fsp3) is 0.333. The van der Waals surface area contributed by atoms with E-state index < -0.39 is 0 Å². The van der Waals surface area contributed by atoms with Crippen LogP contribution in [0.1, 0.15) is 4.88 Å². The molecule has 2 aromatic heterocycles. The molecule has 74 valence electrons. The van der Waals surface area contributed by atoms with Crippen LogP contribution in [0.3, 0.4) is 0 Å². The topological polar surface area (TPSA) is 29.0 Å². The minimum absolute atomic E-state index is 0.305. The highest BCUT2D eigenvalue weighted by Gasteiger charge is 2.10. The van der Waals surface area contributed by atoms with E-state index in [1.807, 2.05) is 25.1 Å². The van der Waals surface area contributed by atoms with Crippen molar-refractivity contribution >= 4 is 39.0 Å². The van der Waals surface area contributed by atoms with Crippen LogP contribution in [0.4, 0.5) is 5.82 Å². The Morgan fingerprint density at radius 1 is 1.36 bits per heavy atom. The highest BCUT2D eigenvalue weighted by atomic mass is 35.5. The summed E-state index contributed by atoms with van der Waals surface area (Å²) in [5, 5.41) is 0.305. The predicted octanol–water partition coefficient (Wildman–Crippen LogP) is 2.72. The van der Waals surface area contributed by atoms with Gasteiger partial charge in [0.05, 0.1) is 10.2 Å². The smallest absolute Gasteiger partial charge is 0.224 e. The monoisotopic (exact) mass is 227 g/mol. The molecule has 0 fully saturated rings. The van der Waals surface area contributed by atoms with Crippen LogP contribution in [0, 0.1) is 6.92 Å². The molecular weight excluding hydrogens is 218 g/mol. The number of hydrogen-bond acceptors (Lipinski definition) is 4. The van der Waals surface area contributed by atoms with Crippen LogP contribution in [0.2, 0.25) is 5.28 Å². The molecule has 0 atom stereocenters. The molecule has 0 saturated carbocycles. The Hall–Kier alpha value is -0.870. The molecule has 0 aliphatic carbocycles. The van der Waals surface area contributed by atoms with E-state index in [2.05, 4.69) is 16.9 Å². The Balaban J connectivity index is 2.79. The number of thiophene rings is 1. The van der Waals surface area contributed by atoms with Gasteiger partial charge in [-0.3, -0.25) is 0 Å². The zero-order valence-corrected chi connectivity index (χ0v) is 9.78. The molecule has 2 aromatic rings. The van der Waals surface area contributed by atoms with Gasteiger partial charge >= 0.3 is 0 Å². The molecule has 5 heteroatoms. The molecule has 0 spiro atoms. The van der Waals surface area contributed by atoms with Crippen LogP contribution < -0.4 is 4.90 Å². The number of halogens is 1. The normalized spacial score (nSPS) is 10.9. The minimum Gasteiger partial charge on any atom is -0.361 e. The van der Waals surface area contributed by atoms with E-state index in [0.29, 0.717) is 5.28 Å². The highest BCUT2D eigenvalue weighted by Crippen LogP contribution is 2.31. The molecule has 0 aromatic carbocycles. The quantitative estimate of drug-likeness (QED) is 0.702. The van der Waals surface area contributed by atoms with Crippen molar-refractivity contribution in [3.63, 3.8) is 0 Å². The Kier molecular flexibility index (Phi) is 2.33. The van der Waals surface area contributed by atoms with Crippen molar-refractivity contribution in [1.29, 1.82) is 0 Å². The molecule has 3 nitrogen and oxygen atoms in total. The minimum atomic E-state index is 0.305. The lowest BCUT2D eigenvalue weighted by atomic mass is 10.4. The van der Waals surface area contributed by atoms with Crippen molar-refractivity contribution in [3.8, 4) is 0 Å². The van der Waals surface area contributed by atoms with Crippen molar-refractivity contribution in [3.05, 3.63) is 16.2 Å². The molecule has 0 aliphatic heterocycles. The van der Waals surface area contributed by atoms with Crippen LogP contribution in [0.15, 0.2) is 6.07 Å². The number of anilines is 1. The lowest BCUT2D eigenvalue weighted by Gasteiger charge is -2.11. The fourth-order valence-electron chi connectivity index (χ4n) is 1.31. The molecule has 0 amide bonds. The van der Waals surface area contributed by atoms with Gasteiger partial charge in [0.2, 0.25) is 5.28 Å². The average Bonchev–Trinajstić information content (AvgIpc) is 2.42. The van der Waals surface area contributed by atoms with Crippen molar-refractivity contribution in [1.82, 2.24) is 9.97 Å². The van der Waals surface area contributed by atoms with Gasteiger partial charge in [-0.1, -0.05) is 0 Å². The Morgan fingerprint density at radius 2 is 2.07 bits per heavy atom. The van der Waals surface area contributed by atoms with Gasteiger partial charge < -0.3 is 4.90 Å². The number of rotatable bonds is 1. The van der Waals surface area contributed by atoms with Crippen LogP contribution >= 0.6 is 22.9 Å². The SMILES string of the molecule is Cc1cc2nc(Cl)nc(N(C)C)c2s1. The number of aromatic nitrogens is 2. The van der Waals surface area contributed by atoms with Crippen LogP contribution in [-0.2, 0) is 0 Å². The summed E-state index contributed by atoms with van der Waals surface area (Å²) in [6, 6.07) is 2.03. The summed E-state index contributed by atoms with van der Waals surface area (Å²) in [6.45, 7) is 2.06. The number of nitrogens with zero attached hydrogens (tertiary/aromatic N) is 3. The number of hydrogen-bond donors (Lipinski definition) is 0. The summed E-state index contributed by atoms with van der Waals surface area (Å²) in [5.74, 6) is 0.887. The van der Waals surface area contributed by atoms with Gasteiger partial charge in [-0.25, -0.2) is 4.98 Å². The average molecular weight is 228 g/mol. The van der Waals surface area contributed by atoms with E-state index in [4.69, 9.17) is 11.6 Å². The molecule has 2 heterocycles. The first-order chi connectivity index (χ1) is 6.58. The lowest BCUT2D eigenvalue weighted by Crippen LogP contribution is -2.11. The van der Waals surface area contributed by atoms with Gasteiger partial charge in [-0.05, 0) is 24.6 Å². The highest BCUT2D eigenvalue weighted by molar-refractivity contribution is 7.19. The van der Waals surface area contributed by atoms with E-state index in [9.17, 15) is 0 Å². The van der Waals surface area contributed by atoms with Gasteiger partial charge in [0.15, 0.2) is 5.82 Å². The lowest BCUT2D eigenvalue weighted by molar-refractivity contribution is 1.07. The van der Waals surface area contributed by atoms with Crippen molar-refractivity contribution < 1.29 is 0 Å². The molecule has 0 saturated heterocycles. The third kappa shape index (κ3) is 1.55. The summed E-state index contributed by atoms with van der Waals surface area (Å²) in [4.78, 5) is 11.6. The van der Waals surface area contributed by atoms with Crippen molar-refractivity contribution in [2.75, 3.05) is 19.0 Å². The van der Waals surface area contributed by atoms with Gasteiger partial charge in [0.25, 0.3) is 0 Å². The summed E-state index contributed by atoms with van der Waals surface area (Å²) < 4.78 is 1.09. The predicted molar refractivity (Wildman–Crippen MR) is 61.5 cm³/mol. The van der Waals surface area contributed by atoms with E-state index in [-0.39, 0.29) is 0 Å². The fourth-order valence-corrected chi connectivity index (χ4v) is 2.50. The first-order valence-electron chi connectivity index (χ1n) is 4.19. The summed E-state index contributed by atoms with van der Waals surface area (Å²) in [6.07, 6.45) is 0. The van der Waals surface area contributed by atoms with Gasteiger partial charge in [-0.2, -0.15) is 4.98 Å². The summed E-state index contributed by atoms with van der Waals surface area (Å²) in [7, 11) is 3.90. The molecule has 0 N–H and O–H groups in total. The van der Waals surface area contributed by atoms with Crippen LogP contribution in [0.25, 0.3) is 10.2 Å². The van der Waals surface area contributed by atoms with E-state index in [0.717, 1.165) is 16.0 Å². The maximum atomic E-state index is 5.83. The second-order valence-electron chi connectivity index (χ2n) is 3.28. The molecule has 2 rings (SSSR count). The van der Waals surface area contributed by atoms with Crippen molar-refractivity contribution in [2.24, 2.45) is 0 Å². The molecule has 0 radical (unpaired) electrons. The number of fused-ring (bicyclic) bond motifs is 1. The Morgan fingerprint density at radius 3 is 2.71 bits per heavy atom. The van der Waals surface area contributed by atoms with Gasteiger partial charge in [0.1, 0.15) is 0 Å². The first-order valence-corrected chi connectivity index (χ1v) is 5.38. The van der Waals surface area contributed by atoms with E-state index in [1.54, 1.807) is 11.3 Å². The van der Waals surface area contributed by atoms with E-state index in [1.165, 1.54) is 4.88 Å². The molecular formula is C9H10ClN3S. The van der Waals surface area contributed by atoms with E-state index >= 15 is 0 Å². The second kappa shape index (κ2) is 3.37. The molecule has 0 bridgehead atoms. The third-order valence-electron chi connectivity index (χ3n) is 1.87. The van der Waals surface area contributed by atoms with Crippen LogP contribution in [0.5, 0.6) is 0 Å². The summed E-state index contributed by atoms with van der Waals surface area (Å²) >= 11 is 7.52. The first kappa shape index (κ1) is 9.68. The second-order valence-corrected chi connectivity index (χ2v) is 4.88. The molecule has 0 aliphatic rings. The Labute approximate surface area is 91.4 Å². The molecule has 14 heavy (non-hydrogen) atoms. The maximum absolute atomic E-state index is 5.83. The maximum Gasteiger partial charge on any atom is 0.224 e. The van der Waals surface area contributed by atoms with Gasteiger partial charge in [-0.15, -0.1) is 11.3 Å². The zero-order chi connectivity index (χ0) is 10.3. The van der Waals surface area contributed by atoms with Crippen molar-refractivity contribution in [2.45, 2.75) is 6.92 Å². The third-order valence-corrected chi connectivity index (χ3v) is 3.08. The molecule has 0 unspecified atom stereocenters. The largest absolute Gasteiger partial charge is 0.361 e.